The largest absolute Gasteiger partial charge is 0.325 e. The van der Waals surface area contributed by atoms with Crippen LogP contribution in [0.1, 0.15) is 26.7 Å². The maximum absolute atomic E-state index is 12.0. The van der Waals surface area contributed by atoms with Crippen molar-refractivity contribution in [2.45, 2.75) is 38.9 Å². The molecule has 0 aromatic rings. The minimum Gasteiger partial charge on any atom is -0.325 e. The molecular formula is C11H23N3O. The SMILES string of the molecule is CCCC1NC(C)N(CCN(C)C)C1=O. The van der Waals surface area contributed by atoms with Gasteiger partial charge in [0.2, 0.25) is 5.91 Å². The normalized spacial score (nSPS) is 26.7. The lowest BCUT2D eigenvalue weighted by molar-refractivity contribution is -0.130. The zero-order valence-electron chi connectivity index (χ0n) is 10.3. The van der Waals surface area contributed by atoms with Crippen LogP contribution in [-0.4, -0.2) is 55.1 Å². The van der Waals surface area contributed by atoms with Gasteiger partial charge in [-0.1, -0.05) is 13.3 Å². The van der Waals surface area contributed by atoms with Gasteiger partial charge in [-0.2, -0.15) is 0 Å². The van der Waals surface area contributed by atoms with E-state index in [1.165, 1.54) is 0 Å². The Morgan fingerprint density at radius 2 is 2.13 bits per heavy atom. The smallest absolute Gasteiger partial charge is 0.241 e. The summed E-state index contributed by atoms with van der Waals surface area (Å²) in [5.41, 5.74) is 0. The average Bonchev–Trinajstić information content (AvgIpc) is 2.40. The van der Waals surface area contributed by atoms with Crippen molar-refractivity contribution in [2.75, 3.05) is 27.2 Å². The first kappa shape index (κ1) is 12.5. The number of nitrogens with zero attached hydrogens (tertiary/aromatic N) is 2. The molecule has 1 aliphatic rings. The highest BCUT2D eigenvalue weighted by Crippen LogP contribution is 2.13. The Morgan fingerprint density at radius 1 is 1.47 bits per heavy atom. The van der Waals surface area contributed by atoms with E-state index in [9.17, 15) is 4.79 Å². The van der Waals surface area contributed by atoms with Crippen LogP contribution in [0.5, 0.6) is 0 Å². The predicted octanol–water partition coefficient (Wildman–Crippen LogP) is 0.495. The van der Waals surface area contributed by atoms with E-state index in [1.807, 2.05) is 19.0 Å². The van der Waals surface area contributed by atoms with Gasteiger partial charge in [0.25, 0.3) is 0 Å². The summed E-state index contributed by atoms with van der Waals surface area (Å²) in [4.78, 5) is 16.0. The van der Waals surface area contributed by atoms with Crippen LogP contribution in [0, 0.1) is 0 Å². The molecule has 1 saturated heterocycles. The van der Waals surface area contributed by atoms with E-state index in [4.69, 9.17) is 0 Å². The Balaban J connectivity index is 2.47. The second-order valence-corrected chi connectivity index (χ2v) is 4.52. The zero-order valence-corrected chi connectivity index (χ0v) is 10.3. The van der Waals surface area contributed by atoms with E-state index in [2.05, 4.69) is 24.1 Å². The van der Waals surface area contributed by atoms with Crippen LogP contribution < -0.4 is 5.32 Å². The zero-order chi connectivity index (χ0) is 11.4. The van der Waals surface area contributed by atoms with Gasteiger partial charge in [-0.3, -0.25) is 10.1 Å². The topological polar surface area (TPSA) is 35.6 Å². The summed E-state index contributed by atoms with van der Waals surface area (Å²) in [5.74, 6) is 0.270. The second kappa shape index (κ2) is 5.47. The summed E-state index contributed by atoms with van der Waals surface area (Å²) >= 11 is 0. The molecule has 1 fully saturated rings. The first-order chi connectivity index (χ1) is 7.06. The van der Waals surface area contributed by atoms with Crippen molar-refractivity contribution < 1.29 is 4.79 Å². The van der Waals surface area contributed by atoms with Gasteiger partial charge in [0.1, 0.15) is 0 Å². The third-order valence-corrected chi connectivity index (χ3v) is 2.86. The molecule has 0 spiro atoms. The summed E-state index contributed by atoms with van der Waals surface area (Å²) in [6.45, 7) is 5.92. The van der Waals surface area contributed by atoms with Gasteiger partial charge < -0.3 is 9.80 Å². The number of rotatable bonds is 5. The van der Waals surface area contributed by atoms with E-state index in [0.29, 0.717) is 0 Å². The minimum atomic E-state index is 0.0483. The molecular weight excluding hydrogens is 190 g/mol. The molecule has 0 bridgehead atoms. The third-order valence-electron chi connectivity index (χ3n) is 2.86. The molecule has 1 amide bonds. The highest BCUT2D eigenvalue weighted by molar-refractivity contribution is 5.84. The highest BCUT2D eigenvalue weighted by atomic mass is 16.2. The lowest BCUT2D eigenvalue weighted by atomic mass is 10.2. The molecule has 0 aromatic carbocycles. The van der Waals surface area contributed by atoms with Crippen LogP contribution in [0.2, 0.25) is 0 Å². The van der Waals surface area contributed by atoms with Crippen molar-refractivity contribution in [3.05, 3.63) is 0 Å². The molecule has 15 heavy (non-hydrogen) atoms. The molecule has 1 aliphatic heterocycles. The molecule has 88 valence electrons. The Morgan fingerprint density at radius 3 is 2.67 bits per heavy atom. The van der Waals surface area contributed by atoms with Crippen LogP contribution in [0.25, 0.3) is 0 Å². The minimum absolute atomic E-state index is 0.0483. The van der Waals surface area contributed by atoms with Crippen LogP contribution in [-0.2, 0) is 4.79 Å². The van der Waals surface area contributed by atoms with Crippen molar-refractivity contribution >= 4 is 5.91 Å². The Hall–Kier alpha value is -0.610. The molecule has 0 saturated carbocycles. The second-order valence-electron chi connectivity index (χ2n) is 4.52. The number of hydrogen-bond donors (Lipinski definition) is 1. The standard InChI is InChI=1S/C11H23N3O/c1-5-6-10-11(15)14(9(2)12-10)8-7-13(3)4/h9-10,12H,5-8H2,1-4H3. The van der Waals surface area contributed by atoms with Crippen molar-refractivity contribution in [1.29, 1.82) is 0 Å². The van der Waals surface area contributed by atoms with Crippen LogP contribution in [0.4, 0.5) is 0 Å². The molecule has 2 unspecified atom stereocenters. The van der Waals surface area contributed by atoms with Crippen LogP contribution in [0.15, 0.2) is 0 Å². The number of carbonyl (C=O) groups excluding carboxylic acids is 1. The van der Waals surface area contributed by atoms with Crippen molar-refractivity contribution in [1.82, 2.24) is 15.1 Å². The number of nitrogens with one attached hydrogen (secondary N) is 1. The molecule has 0 aliphatic carbocycles. The molecule has 1 rings (SSSR count). The van der Waals surface area contributed by atoms with Crippen molar-refractivity contribution in [3.63, 3.8) is 0 Å². The van der Waals surface area contributed by atoms with E-state index in [1.54, 1.807) is 0 Å². The van der Waals surface area contributed by atoms with E-state index < -0.39 is 0 Å². The lowest BCUT2D eigenvalue weighted by Crippen LogP contribution is -2.39. The Bertz CT molecular complexity index is 218. The summed E-state index contributed by atoms with van der Waals surface area (Å²) in [6.07, 6.45) is 2.19. The van der Waals surface area contributed by atoms with Gasteiger partial charge in [0.15, 0.2) is 0 Å². The Labute approximate surface area is 92.6 Å². The predicted molar refractivity (Wildman–Crippen MR) is 61.6 cm³/mol. The average molecular weight is 213 g/mol. The number of likely N-dealkylation sites (N-methyl/N-ethyl adjacent to an activating group) is 1. The molecule has 4 heteroatoms. The summed E-state index contributed by atoms with van der Waals surface area (Å²) in [6, 6.07) is 0.0483. The van der Waals surface area contributed by atoms with Crippen LogP contribution in [0.3, 0.4) is 0 Å². The quantitative estimate of drug-likeness (QED) is 0.722. The number of amides is 1. The number of carbonyl (C=O) groups is 1. The third kappa shape index (κ3) is 3.18. The van der Waals surface area contributed by atoms with Crippen LogP contribution >= 0.6 is 0 Å². The fourth-order valence-corrected chi connectivity index (χ4v) is 1.95. The first-order valence-electron chi connectivity index (χ1n) is 5.77. The lowest BCUT2D eigenvalue weighted by Gasteiger charge is -2.22. The molecule has 4 nitrogen and oxygen atoms in total. The summed E-state index contributed by atoms with van der Waals surface area (Å²) < 4.78 is 0. The van der Waals surface area contributed by atoms with Gasteiger partial charge >= 0.3 is 0 Å². The van der Waals surface area contributed by atoms with Gasteiger partial charge in [0.05, 0.1) is 12.2 Å². The summed E-state index contributed by atoms with van der Waals surface area (Å²) in [7, 11) is 4.06. The summed E-state index contributed by atoms with van der Waals surface area (Å²) in [5, 5.41) is 3.34. The van der Waals surface area contributed by atoms with Gasteiger partial charge in [-0.25, -0.2) is 0 Å². The fraction of sp³-hybridized carbons (Fsp3) is 0.909. The maximum Gasteiger partial charge on any atom is 0.241 e. The molecule has 1 heterocycles. The molecule has 1 N–H and O–H groups in total. The highest BCUT2D eigenvalue weighted by Gasteiger charge is 2.34. The van der Waals surface area contributed by atoms with Crippen molar-refractivity contribution in [2.24, 2.45) is 0 Å². The molecule has 0 radical (unpaired) electrons. The van der Waals surface area contributed by atoms with E-state index in [0.717, 1.165) is 25.9 Å². The van der Waals surface area contributed by atoms with Gasteiger partial charge in [-0.15, -0.1) is 0 Å². The Kier molecular flexibility index (Phi) is 4.54. The maximum atomic E-state index is 12.0. The monoisotopic (exact) mass is 213 g/mol. The van der Waals surface area contributed by atoms with Gasteiger partial charge in [0, 0.05) is 13.1 Å². The number of hydrogen-bond acceptors (Lipinski definition) is 3. The van der Waals surface area contributed by atoms with E-state index in [-0.39, 0.29) is 18.1 Å². The first-order valence-corrected chi connectivity index (χ1v) is 5.77. The van der Waals surface area contributed by atoms with E-state index >= 15 is 0 Å². The molecule has 2 atom stereocenters. The van der Waals surface area contributed by atoms with Crippen molar-refractivity contribution in [3.8, 4) is 0 Å². The fourth-order valence-electron chi connectivity index (χ4n) is 1.95. The molecule has 0 aromatic heterocycles. The van der Waals surface area contributed by atoms with Gasteiger partial charge in [-0.05, 0) is 27.4 Å².